The molecular weight excluding hydrogens is 372 g/mol. The summed E-state index contributed by atoms with van der Waals surface area (Å²) >= 11 is 0. The van der Waals surface area contributed by atoms with Crippen molar-refractivity contribution < 1.29 is 14.4 Å². The van der Waals surface area contributed by atoms with E-state index in [0.29, 0.717) is 5.69 Å². The summed E-state index contributed by atoms with van der Waals surface area (Å²) in [4.78, 5) is 20.0. The number of pyridine rings is 1. The zero-order valence-electron chi connectivity index (χ0n) is 15.8. The highest BCUT2D eigenvalue weighted by Crippen LogP contribution is 2.36. The summed E-state index contributed by atoms with van der Waals surface area (Å²) in [6, 6.07) is 13.6. The highest BCUT2D eigenvalue weighted by Gasteiger charge is 2.26. The van der Waals surface area contributed by atoms with Crippen molar-refractivity contribution in [3.63, 3.8) is 0 Å². The van der Waals surface area contributed by atoms with Crippen molar-refractivity contribution in [2.45, 2.75) is 6.54 Å². The van der Waals surface area contributed by atoms with Crippen LogP contribution >= 0.6 is 0 Å². The summed E-state index contributed by atoms with van der Waals surface area (Å²) in [6.07, 6.45) is 1.37. The first-order valence-electron chi connectivity index (χ1n) is 9.57. The molecule has 0 aliphatic carbocycles. The van der Waals surface area contributed by atoms with Crippen LogP contribution in [0.1, 0.15) is 5.56 Å². The van der Waals surface area contributed by atoms with Crippen LogP contribution in [0.4, 0.5) is 11.4 Å². The van der Waals surface area contributed by atoms with Crippen molar-refractivity contribution in [2.75, 3.05) is 37.9 Å². The maximum atomic E-state index is 11.6. The van der Waals surface area contributed by atoms with Crippen molar-refractivity contribution in [2.24, 2.45) is 0 Å². The first-order valence-corrected chi connectivity index (χ1v) is 9.57. The molecule has 148 valence electrons. The molecule has 8 nitrogen and oxygen atoms in total. The van der Waals surface area contributed by atoms with Gasteiger partial charge < -0.3 is 14.4 Å². The van der Waals surface area contributed by atoms with Crippen LogP contribution in [0, 0.1) is 10.1 Å². The third-order valence-electron chi connectivity index (χ3n) is 5.46. The van der Waals surface area contributed by atoms with Gasteiger partial charge in [-0.1, -0.05) is 24.3 Å². The van der Waals surface area contributed by atoms with Gasteiger partial charge in [0.2, 0.25) is 6.79 Å². The molecule has 2 aliphatic heterocycles. The summed E-state index contributed by atoms with van der Waals surface area (Å²) in [5, 5.41) is 12.4. The Morgan fingerprint density at radius 2 is 1.83 bits per heavy atom. The first kappa shape index (κ1) is 17.7. The van der Waals surface area contributed by atoms with Gasteiger partial charge in [0.1, 0.15) is 11.9 Å². The fourth-order valence-electron chi connectivity index (χ4n) is 4.01. The Balaban J connectivity index is 1.34. The fourth-order valence-corrected chi connectivity index (χ4v) is 4.01. The lowest BCUT2D eigenvalue weighted by Gasteiger charge is -2.36. The molecule has 1 saturated heterocycles. The SMILES string of the molecule is O=[N+]([O-])c1cnc2ccccc2c1N1CCN(Cc2ccc3c(c2)OCO3)CC1. The number of nitro groups is 1. The van der Waals surface area contributed by atoms with Gasteiger partial charge in [0, 0.05) is 38.1 Å². The van der Waals surface area contributed by atoms with E-state index in [-0.39, 0.29) is 17.4 Å². The second-order valence-electron chi connectivity index (χ2n) is 7.22. The lowest BCUT2D eigenvalue weighted by molar-refractivity contribution is -0.384. The second kappa shape index (κ2) is 7.21. The molecule has 5 rings (SSSR count). The zero-order valence-corrected chi connectivity index (χ0v) is 15.8. The molecule has 0 spiro atoms. The minimum atomic E-state index is -0.340. The number of ether oxygens (including phenoxy) is 2. The maximum Gasteiger partial charge on any atom is 0.311 e. The van der Waals surface area contributed by atoms with E-state index in [1.54, 1.807) is 0 Å². The molecular formula is C21H20N4O4. The van der Waals surface area contributed by atoms with Gasteiger partial charge >= 0.3 is 5.69 Å². The van der Waals surface area contributed by atoms with Crippen LogP contribution in [0.5, 0.6) is 11.5 Å². The minimum absolute atomic E-state index is 0.0629. The number of anilines is 1. The number of hydrogen-bond acceptors (Lipinski definition) is 7. The first-order chi connectivity index (χ1) is 14.2. The Hall–Kier alpha value is -3.39. The van der Waals surface area contributed by atoms with Crippen LogP contribution in [0.25, 0.3) is 10.9 Å². The molecule has 1 fully saturated rings. The van der Waals surface area contributed by atoms with Gasteiger partial charge in [-0.3, -0.25) is 15.0 Å². The summed E-state index contributed by atoms with van der Waals surface area (Å²) in [5.74, 6) is 1.58. The molecule has 8 heteroatoms. The van der Waals surface area contributed by atoms with Crippen LogP contribution in [0.3, 0.4) is 0 Å². The van der Waals surface area contributed by atoms with Crippen LogP contribution in [0.2, 0.25) is 0 Å². The molecule has 0 unspecified atom stereocenters. The van der Waals surface area contributed by atoms with E-state index in [0.717, 1.165) is 55.1 Å². The van der Waals surface area contributed by atoms with Crippen LogP contribution in [-0.4, -0.2) is 47.8 Å². The van der Waals surface area contributed by atoms with Crippen LogP contribution in [-0.2, 0) is 6.54 Å². The molecule has 0 amide bonds. The number of hydrogen-bond donors (Lipinski definition) is 0. The Morgan fingerprint density at radius 3 is 2.66 bits per heavy atom. The number of para-hydroxylation sites is 1. The molecule has 0 radical (unpaired) electrons. The molecule has 1 aromatic heterocycles. The summed E-state index contributed by atoms with van der Waals surface area (Å²) in [5.41, 5.74) is 2.68. The van der Waals surface area contributed by atoms with E-state index in [4.69, 9.17) is 9.47 Å². The molecule has 0 N–H and O–H groups in total. The Labute approximate surface area is 167 Å². The Bertz CT molecular complexity index is 1080. The molecule has 2 aromatic carbocycles. The van der Waals surface area contributed by atoms with Gasteiger partial charge in [-0.05, 0) is 23.8 Å². The van der Waals surface area contributed by atoms with E-state index >= 15 is 0 Å². The van der Waals surface area contributed by atoms with Gasteiger partial charge in [0.15, 0.2) is 11.5 Å². The highest BCUT2D eigenvalue weighted by molar-refractivity contribution is 5.96. The largest absolute Gasteiger partial charge is 0.454 e. The van der Waals surface area contributed by atoms with Gasteiger partial charge in [0.25, 0.3) is 0 Å². The maximum absolute atomic E-state index is 11.6. The summed E-state index contributed by atoms with van der Waals surface area (Å²) in [6.45, 7) is 4.17. The number of nitrogens with zero attached hydrogens (tertiary/aromatic N) is 4. The highest BCUT2D eigenvalue weighted by atomic mass is 16.7. The van der Waals surface area contributed by atoms with Crippen molar-refractivity contribution >= 4 is 22.3 Å². The monoisotopic (exact) mass is 392 g/mol. The number of rotatable bonds is 4. The quantitative estimate of drug-likeness (QED) is 0.498. The molecule has 2 aliphatic rings. The number of aromatic nitrogens is 1. The molecule has 3 aromatic rings. The van der Waals surface area contributed by atoms with Gasteiger partial charge in [-0.15, -0.1) is 0 Å². The predicted molar refractivity (Wildman–Crippen MR) is 108 cm³/mol. The summed E-state index contributed by atoms with van der Waals surface area (Å²) in [7, 11) is 0. The predicted octanol–water partition coefficient (Wildman–Crippen LogP) is 3.19. The number of fused-ring (bicyclic) bond motifs is 2. The molecule has 29 heavy (non-hydrogen) atoms. The van der Waals surface area contributed by atoms with E-state index in [1.807, 2.05) is 36.4 Å². The normalized spacial score (nSPS) is 16.3. The topological polar surface area (TPSA) is 81.0 Å². The van der Waals surface area contributed by atoms with Gasteiger partial charge in [0.05, 0.1) is 10.4 Å². The van der Waals surface area contributed by atoms with Gasteiger partial charge in [-0.25, -0.2) is 4.98 Å². The fraction of sp³-hybridized carbons (Fsp3) is 0.286. The lowest BCUT2D eigenvalue weighted by atomic mass is 10.1. The number of benzene rings is 2. The van der Waals surface area contributed by atoms with E-state index in [2.05, 4.69) is 20.9 Å². The third kappa shape index (κ3) is 3.31. The lowest BCUT2D eigenvalue weighted by Crippen LogP contribution is -2.46. The van der Waals surface area contributed by atoms with Crippen molar-refractivity contribution in [3.8, 4) is 11.5 Å². The van der Waals surface area contributed by atoms with Crippen molar-refractivity contribution in [1.82, 2.24) is 9.88 Å². The third-order valence-corrected chi connectivity index (χ3v) is 5.46. The standard InChI is InChI=1S/C21H20N4O4/c26-25(27)18-12-22-17-4-2-1-3-16(17)21(18)24-9-7-23(8-10-24)13-15-5-6-19-20(11-15)29-14-28-19/h1-6,11-12H,7-10,13-14H2. The zero-order chi connectivity index (χ0) is 19.8. The molecule has 3 heterocycles. The number of piperazine rings is 1. The average Bonchev–Trinajstić information content (AvgIpc) is 3.21. The smallest absolute Gasteiger partial charge is 0.311 e. The van der Waals surface area contributed by atoms with Gasteiger partial charge in [-0.2, -0.15) is 0 Å². The van der Waals surface area contributed by atoms with E-state index < -0.39 is 0 Å². The van der Waals surface area contributed by atoms with Crippen LogP contribution < -0.4 is 14.4 Å². The Morgan fingerprint density at radius 1 is 1.03 bits per heavy atom. The van der Waals surface area contributed by atoms with Crippen molar-refractivity contribution in [3.05, 3.63) is 64.3 Å². The van der Waals surface area contributed by atoms with Crippen LogP contribution in [0.15, 0.2) is 48.7 Å². The Kier molecular flexibility index (Phi) is 4.40. The van der Waals surface area contributed by atoms with Crippen molar-refractivity contribution in [1.29, 1.82) is 0 Å². The van der Waals surface area contributed by atoms with E-state index in [1.165, 1.54) is 11.8 Å². The molecule has 0 bridgehead atoms. The minimum Gasteiger partial charge on any atom is -0.454 e. The average molecular weight is 392 g/mol. The van der Waals surface area contributed by atoms with E-state index in [9.17, 15) is 10.1 Å². The second-order valence-corrected chi connectivity index (χ2v) is 7.22. The summed E-state index contributed by atoms with van der Waals surface area (Å²) < 4.78 is 10.8. The molecule has 0 saturated carbocycles. The molecule has 0 atom stereocenters.